The molecule has 8 heteroatoms. The van der Waals surface area contributed by atoms with Gasteiger partial charge in [-0.2, -0.15) is 0 Å². The standard InChI is InChI=1S/C15H9F2N3O2S/c1-23-15-12(20-7-2-3-8(16)9(17)6-7)13(21)10-11(14(15)22)19-5-4-18-10/h2-6,20H,1H3. The number of fused-ring (bicyclic) bond motifs is 1. The second-order valence-electron chi connectivity index (χ2n) is 4.57. The molecule has 0 amide bonds. The zero-order valence-corrected chi connectivity index (χ0v) is 12.6. The Morgan fingerprint density at radius 2 is 1.65 bits per heavy atom. The molecular formula is C15H9F2N3O2S. The van der Waals surface area contributed by atoms with Crippen LogP contribution in [0.25, 0.3) is 0 Å². The third kappa shape index (κ3) is 2.61. The zero-order chi connectivity index (χ0) is 16.6. The minimum absolute atomic E-state index is 0.0160. The summed E-state index contributed by atoms with van der Waals surface area (Å²) < 4.78 is 26.3. The molecule has 0 saturated heterocycles. The molecule has 0 spiro atoms. The number of hydrogen-bond acceptors (Lipinski definition) is 6. The topological polar surface area (TPSA) is 72.0 Å². The summed E-state index contributed by atoms with van der Waals surface area (Å²) in [4.78, 5) is 32.9. The van der Waals surface area contributed by atoms with Crippen molar-refractivity contribution in [2.24, 2.45) is 0 Å². The highest BCUT2D eigenvalue weighted by Gasteiger charge is 2.34. The lowest BCUT2D eigenvalue weighted by Crippen LogP contribution is -2.27. The van der Waals surface area contributed by atoms with Crippen LogP contribution in [0.1, 0.15) is 21.0 Å². The molecule has 0 saturated carbocycles. The van der Waals surface area contributed by atoms with Crippen LogP contribution in [-0.2, 0) is 0 Å². The van der Waals surface area contributed by atoms with Crippen LogP contribution in [0.15, 0.2) is 41.2 Å². The number of hydrogen-bond donors (Lipinski definition) is 1. The number of allylic oxidation sites excluding steroid dienone is 2. The highest BCUT2D eigenvalue weighted by atomic mass is 32.2. The Hall–Kier alpha value is -2.61. The molecule has 3 rings (SSSR count). The predicted molar refractivity (Wildman–Crippen MR) is 81.2 cm³/mol. The Morgan fingerprint density at radius 1 is 1.00 bits per heavy atom. The van der Waals surface area contributed by atoms with Crippen LogP contribution in [-0.4, -0.2) is 27.8 Å². The molecule has 23 heavy (non-hydrogen) atoms. The van der Waals surface area contributed by atoms with Crippen molar-refractivity contribution in [3.8, 4) is 0 Å². The maximum Gasteiger partial charge on any atom is 0.231 e. The van der Waals surface area contributed by atoms with Gasteiger partial charge in [-0.3, -0.25) is 9.59 Å². The fourth-order valence-corrected chi connectivity index (χ4v) is 2.77. The van der Waals surface area contributed by atoms with E-state index < -0.39 is 23.2 Å². The van der Waals surface area contributed by atoms with Crippen LogP contribution in [0.5, 0.6) is 0 Å². The minimum Gasteiger partial charge on any atom is -0.351 e. The van der Waals surface area contributed by atoms with E-state index in [0.717, 1.165) is 23.9 Å². The molecule has 1 aromatic heterocycles. The van der Waals surface area contributed by atoms with Gasteiger partial charge in [0.25, 0.3) is 0 Å². The lowest BCUT2D eigenvalue weighted by molar-refractivity contribution is 0.0975. The largest absolute Gasteiger partial charge is 0.351 e. The van der Waals surface area contributed by atoms with Gasteiger partial charge in [0, 0.05) is 24.1 Å². The van der Waals surface area contributed by atoms with Crippen molar-refractivity contribution in [2.75, 3.05) is 11.6 Å². The number of nitrogens with zero attached hydrogens (tertiary/aromatic N) is 2. The Balaban J connectivity index is 2.07. The van der Waals surface area contributed by atoms with E-state index in [1.807, 2.05) is 0 Å². The fraction of sp³-hybridized carbons (Fsp3) is 0.0667. The second kappa shape index (κ2) is 5.88. The highest BCUT2D eigenvalue weighted by molar-refractivity contribution is 8.03. The molecule has 1 aromatic carbocycles. The number of carbonyl (C=O) groups excluding carboxylic acids is 2. The Bertz CT molecular complexity index is 868. The van der Waals surface area contributed by atoms with Crippen molar-refractivity contribution in [3.05, 3.63) is 64.2 Å². The van der Waals surface area contributed by atoms with E-state index in [2.05, 4.69) is 15.3 Å². The second-order valence-corrected chi connectivity index (χ2v) is 5.39. The number of ketones is 2. The summed E-state index contributed by atoms with van der Waals surface area (Å²) >= 11 is 1.07. The van der Waals surface area contributed by atoms with Gasteiger partial charge in [-0.05, 0) is 18.4 Å². The lowest BCUT2D eigenvalue weighted by Gasteiger charge is -2.19. The van der Waals surface area contributed by atoms with Gasteiger partial charge in [0.05, 0.1) is 4.91 Å². The van der Waals surface area contributed by atoms with E-state index in [1.54, 1.807) is 6.26 Å². The first-order chi connectivity index (χ1) is 11.0. The molecule has 0 unspecified atom stereocenters. The van der Waals surface area contributed by atoms with Crippen LogP contribution in [0.3, 0.4) is 0 Å². The van der Waals surface area contributed by atoms with Crippen molar-refractivity contribution >= 4 is 29.0 Å². The molecule has 0 bridgehead atoms. The number of thioether (sulfide) groups is 1. The van der Waals surface area contributed by atoms with E-state index in [9.17, 15) is 18.4 Å². The maximum absolute atomic E-state index is 13.3. The van der Waals surface area contributed by atoms with Crippen LogP contribution in [0.4, 0.5) is 14.5 Å². The quantitative estimate of drug-likeness (QED) is 0.931. The molecule has 0 radical (unpaired) electrons. The number of rotatable bonds is 3. The molecule has 1 heterocycles. The Kier molecular flexibility index (Phi) is 3.91. The van der Waals surface area contributed by atoms with Gasteiger partial charge in [0.15, 0.2) is 11.6 Å². The molecule has 1 N–H and O–H groups in total. The highest BCUT2D eigenvalue weighted by Crippen LogP contribution is 2.30. The summed E-state index contributed by atoms with van der Waals surface area (Å²) in [6, 6.07) is 3.11. The normalized spacial score (nSPS) is 14.0. The van der Waals surface area contributed by atoms with Crippen LogP contribution < -0.4 is 5.32 Å². The lowest BCUT2D eigenvalue weighted by atomic mass is 10.0. The van der Waals surface area contributed by atoms with Gasteiger partial charge >= 0.3 is 0 Å². The number of halogens is 2. The summed E-state index contributed by atoms with van der Waals surface area (Å²) in [7, 11) is 0. The smallest absolute Gasteiger partial charge is 0.231 e. The average Bonchev–Trinajstić information content (AvgIpc) is 2.56. The SMILES string of the molecule is CSC1=C(Nc2ccc(F)c(F)c2)C(=O)c2nccnc2C1=O. The van der Waals surface area contributed by atoms with E-state index >= 15 is 0 Å². The van der Waals surface area contributed by atoms with Gasteiger partial charge in [-0.15, -0.1) is 11.8 Å². The summed E-state index contributed by atoms with van der Waals surface area (Å²) in [5.74, 6) is -3.03. The molecule has 5 nitrogen and oxygen atoms in total. The predicted octanol–water partition coefficient (Wildman–Crippen LogP) is 2.82. The number of aromatic nitrogens is 2. The van der Waals surface area contributed by atoms with Crippen molar-refractivity contribution in [3.63, 3.8) is 0 Å². The Morgan fingerprint density at radius 3 is 2.26 bits per heavy atom. The molecule has 0 fully saturated rings. The number of carbonyl (C=O) groups is 2. The zero-order valence-electron chi connectivity index (χ0n) is 11.8. The van der Waals surface area contributed by atoms with Crippen LogP contribution in [0.2, 0.25) is 0 Å². The minimum atomic E-state index is -1.06. The summed E-state index contributed by atoms with van der Waals surface area (Å²) in [6.07, 6.45) is 4.27. The van der Waals surface area contributed by atoms with Gasteiger partial charge in [-0.1, -0.05) is 0 Å². The number of Topliss-reactive ketones (excluding diaryl/α,β-unsaturated/α-hetero) is 2. The molecule has 1 aliphatic rings. The summed E-state index contributed by atoms with van der Waals surface area (Å²) in [5, 5.41) is 2.68. The van der Waals surface area contributed by atoms with Crippen molar-refractivity contribution < 1.29 is 18.4 Å². The molecular weight excluding hydrogens is 324 g/mol. The average molecular weight is 333 g/mol. The van der Waals surface area contributed by atoms with Crippen molar-refractivity contribution in [2.45, 2.75) is 0 Å². The first-order valence-electron chi connectivity index (χ1n) is 6.43. The Labute approximate surface area is 133 Å². The molecule has 2 aromatic rings. The monoisotopic (exact) mass is 333 g/mol. The first-order valence-corrected chi connectivity index (χ1v) is 7.66. The van der Waals surface area contributed by atoms with E-state index in [0.29, 0.717) is 0 Å². The molecule has 0 aliphatic heterocycles. The fourth-order valence-electron chi connectivity index (χ4n) is 2.14. The van der Waals surface area contributed by atoms with E-state index in [4.69, 9.17) is 0 Å². The summed E-state index contributed by atoms with van der Waals surface area (Å²) in [6.45, 7) is 0. The maximum atomic E-state index is 13.3. The molecule has 1 aliphatic carbocycles. The summed E-state index contributed by atoms with van der Waals surface area (Å²) in [5.41, 5.74) is 0.0403. The van der Waals surface area contributed by atoms with Crippen molar-refractivity contribution in [1.29, 1.82) is 0 Å². The third-order valence-electron chi connectivity index (χ3n) is 3.18. The van der Waals surface area contributed by atoms with Gasteiger partial charge in [0.2, 0.25) is 11.6 Å². The molecule has 0 atom stereocenters. The van der Waals surface area contributed by atoms with E-state index in [-0.39, 0.29) is 27.7 Å². The first kappa shape index (κ1) is 15.3. The molecule has 116 valence electrons. The van der Waals surface area contributed by atoms with E-state index in [1.165, 1.54) is 18.5 Å². The number of benzene rings is 1. The van der Waals surface area contributed by atoms with Crippen LogP contribution in [0, 0.1) is 11.6 Å². The van der Waals surface area contributed by atoms with Gasteiger partial charge in [-0.25, -0.2) is 18.7 Å². The number of anilines is 1. The van der Waals surface area contributed by atoms with Crippen LogP contribution >= 0.6 is 11.8 Å². The third-order valence-corrected chi connectivity index (χ3v) is 3.98. The van der Waals surface area contributed by atoms with Gasteiger partial charge < -0.3 is 5.32 Å². The number of nitrogens with one attached hydrogen (secondary N) is 1. The van der Waals surface area contributed by atoms with Crippen molar-refractivity contribution in [1.82, 2.24) is 9.97 Å². The van der Waals surface area contributed by atoms with Gasteiger partial charge in [0.1, 0.15) is 17.1 Å².